The van der Waals surface area contributed by atoms with Crippen molar-refractivity contribution in [1.82, 2.24) is 20.0 Å². The Kier molecular flexibility index (Phi) is 1.91. The Morgan fingerprint density at radius 3 is 3.00 bits per heavy atom. The molecule has 0 bridgehead atoms. The van der Waals surface area contributed by atoms with Crippen LogP contribution in [0.15, 0.2) is 23.0 Å². The zero-order valence-corrected chi connectivity index (χ0v) is 9.39. The zero-order chi connectivity index (χ0) is 12.0. The molecule has 0 aliphatic heterocycles. The van der Waals surface area contributed by atoms with Gasteiger partial charge in [0.2, 0.25) is 0 Å². The normalized spacial score (nSPS) is 11.2. The Hall–Kier alpha value is -2.37. The van der Waals surface area contributed by atoms with Crippen LogP contribution in [0.3, 0.4) is 0 Å². The number of hydrogen-bond acceptors (Lipinski definition) is 4. The first-order valence-corrected chi connectivity index (χ1v) is 5.10. The molecule has 0 aliphatic carbocycles. The summed E-state index contributed by atoms with van der Waals surface area (Å²) < 4.78 is 6.35. The number of rotatable bonds is 1. The van der Waals surface area contributed by atoms with Gasteiger partial charge in [-0.1, -0.05) is 5.21 Å². The molecule has 1 N–H and O–H groups in total. The van der Waals surface area contributed by atoms with E-state index < -0.39 is 0 Å². The summed E-state index contributed by atoms with van der Waals surface area (Å²) in [6.45, 7) is 0. The van der Waals surface area contributed by atoms with E-state index in [4.69, 9.17) is 4.74 Å². The largest absolute Gasteiger partial charge is 0.497 e. The van der Waals surface area contributed by atoms with Crippen LogP contribution in [0, 0.1) is 0 Å². The molecule has 3 rings (SSSR count). The molecular formula is C11H10N4O2. The van der Waals surface area contributed by atoms with Gasteiger partial charge in [-0.25, -0.2) is 4.68 Å². The highest BCUT2D eigenvalue weighted by Crippen LogP contribution is 2.25. The van der Waals surface area contributed by atoms with Crippen LogP contribution in [0.4, 0.5) is 0 Å². The highest BCUT2D eigenvalue weighted by molar-refractivity contribution is 6.04. The molecule has 0 spiro atoms. The number of H-pyrrole nitrogens is 1. The van der Waals surface area contributed by atoms with E-state index in [0.717, 1.165) is 16.7 Å². The molecule has 0 fully saturated rings. The van der Waals surface area contributed by atoms with Gasteiger partial charge in [0.25, 0.3) is 5.56 Å². The summed E-state index contributed by atoms with van der Waals surface area (Å²) in [5.41, 5.74) is 1.69. The molecule has 0 amide bonds. The number of fused-ring (bicyclic) bond motifs is 3. The second-order valence-electron chi connectivity index (χ2n) is 3.78. The number of hydrogen-bond donors (Lipinski definition) is 1. The number of aromatic nitrogens is 4. The second-order valence-corrected chi connectivity index (χ2v) is 3.78. The summed E-state index contributed by atoms with van der Waals surface area (Å²) >= 11 is 0. The van der Waals surface area contributed by atoms with Gasteiger partial charge in [-0.3, -0.25) is 4.79 Å². The lowest BCUT2D eigenvalue weighted by Crippen LogP contribution is -2.20. The molecule has 0 saturated heterocycles. The Labute approximate surface area is 95.8 Å². The van der Waals surface area contributed by atoms with E-state index in [1.807, 2.05) is 18.2 Å². The van der Waals surface area contributed by atoms with E-state index in [1.54, 1.807) is 14.2 Å². The quantitative estimate of drug-likeness (QED) is 0.671. The van der Waals surface area contributed by atoms with Crippen molar-refractivity contribution in [3.05, 3.63) is 28.6 Å². The summed E-state index contributed by atoms with van der Waals surface area (Å²) in [7, 11) is 3.17. The van der Waals surface area contributed by atoms with Gasteiger partial charge >= 0.3 is 0 Å². The fourth-order valence-corrected chi connectivity index (χ4v) is 1.86. The molecule has 2 heterocycles. The van der Waals surface area contributed by atoms with Crippen molar-refractivity contribution < 1.29 is 4.74 Å². The molecule has 2 aromatic heterocycles. The zero-order valence-electron chi connectivity index (χ0n) is 9.39. The topological polar surface area (TPSA) is 72.8 Å². The first-order valence-electron chi connectivity index (χ1n) is 5.10. The molecule has 0 aliphatic rings. The third kappa shape index (κ3) is 1.30. The molecule has 0 radical (unpaired) electrons. The van der Waals surface area contributed by atoms with Gasteiger partial charge in [-0.2, -0.15) is 0 Å². The molecule has 0 saturated carbocycles. The Bertz CT molecular complexity index is 772. The Balaban J connectivity index is 2.51. The van der Waals surface area contributed by atoms with E-state index in [1.165, 1.54) is 4.68 Å². The van der Waals surface area contributed by atoms with E-state index in [-0.39, 0.29) is 5.56 Å². The number of ether oxygens (including phenoxy) is 1. The van der Waals surface area contributed by atoms with Crippen LogP contribution < -0.4 is 10.3 Å². The Morgan fingerprint density at radius 2 is 2.24 bits per heavy atom. The van der Waals surface area contributed by atoms with Crippen LogP contribution in [0.2, 0.25) is 0 Å². The SMILES string of the molecule is COc1ccc2[nH]c3c(=O)n(C)nnc3c2c1. The molecule has 17 heavy (non-hydrogen) atoms. The third-order valence-electron chi connectivity index (χ3n) is 2.76. The summed E-state index contributed by atoms with van der Waals surface area (Å²) in [4.78, 5) is 14.9. The number of aromatic amines is 1. The molecule has 0 atom stereocenters. The fraction of sp³-hybridized carbons (Fsp3) is 0.182. The van der Waals surface area contributed by atoms with Crippen molar-refractivity contribution in [3.8, 4) is 5.75 Å². The summed E-state index contributed by atoms with van der Waals surface area (Å²) in [6, 6.07) is 5.52. The van der Waals surface area contributed by atoms with E-state index >= 15 is 0 Å². The Morgan fingerprint density at radius 1 is 1.41 bits per heavy atom. The van der Waals surface area contributed by atoms with Crippen LogP contribution in [-0.4, -0.2) is 27.1 Å². The van der Waals surface area contributed by atoms with Crippen LogP contribution in [0.5, 0.6) is 5.75 Å². The van der Waals surface area contributed by atoms with Gasteiger partial charge in [-0.05, 0) is 18.2 Å². The lowest BCUT2D eigenvalue weighted by molar-refractivity contribution is 0.415. The number of methoxy groups -OCH3 is 1. The average molecular weight is 230 g/mol. The maximum Gasteiger partial charge on any atom is 0.293 e. The van der Waals surface area contributed by atoms with Crippen LogP contribution >= 0.6 is 0 Å². The summed E-state index contributed by atoms with van der Waals surface area (Å²) in [5.74, 6) is 0.723. The number of benzene rings is 1. The van der Waals surface area contributed by atoms with Crippen molar-refractivity contribution in [2.75, 3.05) is 7.11 Å². The predicted molar refractivity (Wildman–Crippen MR) is 63.2 cm³/mol. The van der Waals surface area contributed by atoms with Gasteiger partial charge in [0.05, 0.1) is 7.11 Å². The molecule has 86 valence electrons. The minimum atomic E-state index is -0.190. The van der Waals surface area contributed by atoms with E-state index in [2.05, 4.69) is 15.3 Å². The van der Waals surface area contributed by atoms with Crippen molar-refractivity contribution in [2.45, 2.75) is 0 Å². The molecule has 0 unspecified atom stereocenters. The highest BCUT2D eigenvalue weighted by Gasteiger charge is 2.11. The van der Waals surface area contributed by atoms with Crippen LogP contribution in [0.25, 0.3) is 21.9 Å². The summed E-state index contributed by atoms with van der Waals surface area (Å²) in [5, 5.41) is 8.65. The smallest absolute Gasteiger partial charge is 0.293 e. The highest BCUT2D eigenvalue weighted by atomic mass is 16.5. The number of aryl methyl sites for hydroxylation is 1. The van der Waals surface area contributed by atoms with Crippen molar-refractivity contribution >= 4 is 21.9 Å². The van der Waals surface area contributed by atoms with Gasteiger partial charge in [0.1, 0.15) is 16.8 Å². The van der Waals surface area contributed by atoms with Crippen molar-refractivity contribution in [3.63, 3.8) is 0 Å². The average Bonchev–Trinajstić information content (AvgIpc) is 2.72. The van der Waals surface area contributed by atoms with Gasteiger partial charge in [-0.15, -0.1) is 5.10 Å². The van der Waals surface area contributed by atoms with Crippen LogP contribution in [-0.2, 0) is 7.05 Å². The van der Waals surface area contributed by atoms with Gasteiger partial charge in [0, 0.05) is 18.0 Å². The van der Waals surface area contributed by atoms with Crippen molar-refractivity contribution in [1.29, 1.82) is 0 Å². The van der Waals surface area contributed by atoms with Gasteiger partial charge in [0.15, 0.2) is 0 Å². The molecule has 6 nitrogen and oxygen atoms in total. The minimum absolute atomic E-state index is 0.190. The lowest BCUT2D eigenvalue weighted by Gasteiger charge is -1.98. The summed E-state index contributed by atoms with van der Waals surface area (Å²) in [6.07, 6.45) is 0. The fourth-order valence-electron chi connectivity index (χ4n) is 1.86. The molecular weight excluding hydrogens is 220 g/mol. The van der Waals surface area contributed by atoms with Crippen LogP contribution in [0.1, 0.15) is 0 Å². The minimum Gasteiger partial charge on any atom is -0.497 e. The molecule has 3 aromatic rings. The maximum absolute atomic E-state index is 11.9. The van der Waals surface area contributed by atoms with Crippen molar-refractivity contribution in [2.24, 2.45) is 7.05 Å². The van der Waals surface area contributed by atoms with E-state index in [9.17, 15) is 4.79 Å². The molecule has 1 aromatic carbocycles. The monoisotopic (exact) mass is 230 g/mol. The number of nitrogens with zero attached hydrogens (tertiary/aromatic N) is 3. The number of nitrogens with one attached hydrogen (secondary N) is 1. The molecule has 6 heteroatoms. The second kappa shape index (κ2) is 3.31. The first kappa shape index (κ1) is 9.83. The maximum atomic E-state index is 11.9. The standard InChI is InChI=1S/C11H10N4O2/c1-15-11(16)10-9(13-14-15)7-5-6(17-2)3-4-8(7)12-10/h3-5,12H,1-2H3. The lowest BCUT2D eigenvalue weighted by atomic mass is 10.2. The third-order valence-corrected chi connectivity index (χ3v) is 2.76. The van der Waals surface area contributed by atoms with Gasteiger partial charge < -0.3 is 9.72 Å². The first-order chi connectivity index (χ1) is 8.20. The predicted octanol–water partition coefficient (Wildman–Crippen LogP) is 0.818. The van der Waals surface area contributed by atoms with E-state index in [0.29, 0.717) is 11.0 Å².